The average molecular weight is 237 g/mol. The van der Waals surface area contributed by atoms with Crippen molar-refractivity contribution in [2.24, 2.45) is 5.10 Å². The van der Waals surface area contributed by atoms with Gasteiger partial charge in [-0.2, -0.15) is 10.4 Å². The second kappa shape index (κ2) is 5.60. The van der Waals surface area contributed by atoms with E-state index < -0.39 is 5.91 Å². The van der Waals surface area contributed by atoms with Crippen molar-refractivity contribution in [3.63, 3.8) is 0 Å². The minimum atomic E-state index is -0.408. The molecule has 2 aromatic rings. The molecule has 0 saturated carbocycles. The highest BCUT2D eigenvalue weighted by Gasteiger charge is 1.96. The van der Waals surface area contributed by atoms with E-state index in [0.717, 1.165) is 16.3 Å². The summed E-state index contributed by atoms with van der Waals surface area (Å²) in [6, 6.07) is 15.7. The molecule has 2 rings (SSSR count). The molecule has 0 aliphatic heterocycles. The summed E-state index contributed by atoms with van der Waals surface area (Å²) in [7, 11) is 0. The van der Waals surface area contributed by atoms with Crippen molar-refractivity contribution in [2.45, 2.75) is 6.42 Å². The molecule has 0 atom stereocenters. The van der Waals surface area contributed by atoms with Crippen LogP contribution < -0.4 is 5.43 Å². The first-order valence-electron chi connectivity index (χ1n) is 5.47. The molecule has 1 amide bonds. The highest BCUT2D eigenvalue weighted by molar-refractivity contribution is 5.90. The second-order valence-corrected chi connectivity index (χ2v) is 3.73. The predicted molar refractivity (Wildman–Crippen MR) is 69.9 cm³/mol. The van der Waals surface area contributed by atoms with Crippen LogP contribution in [0, 0.1) is 11.3 Å². The molecule has 0 aliphatic carbocycles. The number of amides is 1. The van der Waals surface area contributed by atoms with Gasteiger partial charge in [-0.3, -0.25) is 4.79 Å². The van der Waals surface area contributed by atoms with Crippen molar-refractivity contribution < 1.29 is 4.79 Å². The molecule has 1 N–H and O–H groups in total. The van der Waals surface area contributed by atoms with Gasteiger partial charge in [-0.25, -0.2) is 5.43 Å². The lowest BCUT2D eigenvalue weighted by molar-refractivity contribution is -0.120. The molecule has 0 unspecified atom stereocenters. The minimum Gasteiger partial charge on any atom is -0.272 e. The molecule has 0 fully saturated rings. The molecule has 0 spiro atoms. The van der Waals surface area contributed by atoms with E-state index in [1.165, 1.54) is 0 Å². The van der Waals surface area contributed by atoms with Gasteiger partial charge >= 0.3 is 0 Å². The fraction of sp³-hybridized carbons (Fsp3) is 0.0714. The van der Waals surface area contributed by atoms with Crippen molar-refractivity contribution in [3.05, 3.63) is 48.0 Å². The number of benzene rings is 2. The third kappa shape index (κ3) is 2.92. The van der Waals surface area contributed by atoms with Gasteiger partial charge in [-0.15, -0.1) is 0 Å². The Kier molecular flexibility index (Phi) is 3.67. The number of fused-ring (bicyclic) bond motifs is 1. The van der Waals surface area contributed by atoms with Gasteiger partial charge in [0.25, 0.3) is 5.91 Å². The lowest BCUT2D eigenvalue weighted by Gasteiger charge is -1.99. The molecule has 0 radical (unpaired) electrons. The number of nitriles is 1. The lowest BCUT2D eigenvalue weighted by atomic mass is 10.1. The molecule has 0 aliphatic rings. The number of hydrogen-bond donors (Lipinski definition) is 1. The Hall–Kier alpha value is -2.67. The molecule has 88 valence electrons. The summed E-state index contributed by atoms with van der Waals surface area (Å²) in [6.07, 6.45) is 1.37. The molecular weight excluding hydrogens is 226 g/mol. The van der Waals surface area contributed by atoms with Crippen molar-refractivity contribution in [3.8, 4) is 6.07 Å². The number of nitrogens with one attached hydrogen (secondary N) is 1. The van der Waals surface area contributed by atoms with Gasteiger partial charge in [0.05, 0.1) is 12.3 Å². The van der Waals surface area contributed by atoms with Crippen LogP contribution >= 0.6 is 0 Å². The van der Waals surface area contributed by atoms with Gasteiger partial charge in [-0.1, -0.05) is 36.4 Å². The second-order valence-electron chi connectivity index (χ2n) is 3.73. The maximum Gasteiger partial charge on any atom is 0.254 e. The summed E-state index contributed by atoms with van der Waals surface area (Å²) in [5, 5.41) is 14.4. The Morgan fingerprint density at radius 2 is 2.06 bits per heavy atom. The van der Waals surface area contributed by atoms with Gasteiger partial charge in [-0.05, 0) is 22.4 Å². The topological polar surface area (TPSA) is 65.2 Å². The molecule has 4 heteroatoms. The van der Waals surface area contributed by atoms with E-state index in [0.29, 0.717) is 0 Å². The monoisotopic (exact) mass is 237 g/mol. The van der Waals surface area contributed by atoms with E-state index in [-0.39, 0.29) is 6.42 Å². The highest BCUT2D eigenvalue weighted by Crippen LogP contribution is 2.14. The highest BCUT2D eigenvalue weighted by atomic mass is 16.2. The minimum absolute atomic E-state index is 0.185. The standard InChI is InChI=1S/C14H11N3O/c15-8-7-14(18)17-16-10-11-5-6-12-3-1-2-4-13(12)9-11/h1-6,9-10H,7H2,(H,17,18). The molecular formula is C14H11N3O. The van der Waals surface area contributed by atoms with Crippen molar-refractivity contribution >= 4 is 22.9 Å². The fourth-order valence-electron chi connectivity index (χ4n) is 1.58. The molecule has 18 heavy (non-hydrogen) atoms. The van der Waals surface area contributed by atoms with Crippen LogP contribution in [-0.4, -0.2) is 12.1 Å². The zero-order valence-electron chi connectivity index (χ0n) is 9.63. The Labute approximate surface area is 105 Å². The number of carbonyl (C=O) groups excluding carboxylic acids is 1. The van der Waals surface area contributed by atoms with Crippen LogP contribution in [0.1, 0.15) is 12.0 Å². The maximum absolute atomic E-state index is 11.0. The van der Waals surface area contributed by atoms with E-state index in [1.54, 1.807) is 12.3 Å². The van der Waals surface area contributed by atoms with Crippen LogP contribution in [0.15, 0.2) is 47.6 Å². The van der Waals surface area contributed by atoms with Gasteiger partial charge in [0.1, 0.15) is 6.42 Å². The lowest BCUT2D eigenvalue weighted by Crippen LogP contribution is -2.16. The molecule has 0 bridgehead atoms. The van der Waals surface area contributed by atoms with Gasteiger partial charge < -0.3 is 0 Å². The van der Waals surface area contributed by atoms with E-state index in [4.69, 9.17) is 5.26 Å². The first kappa shape index (κ1) is 11.8. The van der Waals surface area contributed by atoms with Gasteiger partial charge in [0.15, 0.2) is 0 Å². The van der Waals surface area contributed by atoms with Crippen molar-refractivity contribution in [1.82, 2.24) is 5.43 Å². The van der Waals surface area contributed by atoms with Crippen LogP contribution in [0.4, 0.5) is 0 Å². The Morgan fingerprint density at radius 1 is 1.28 bits per heavy atom. The van der Waals surface area contributed by atoms with Crippen molar-refractivity contribution in [1.29, 1.82) is 5.26 Å². The largest absolute Gasteiger partial charge is 0.272 e. The van der Waals surface area contributed by atoms with Gasteiger partial charge in [0, 0.05) is 0 Å². The van der Waals surface area contributed by atoms with Gasteiger partial charge in [0.2, 0.25) is 0 Å². The normalized spacial score (nSPS) is 10.4. The average Bonchev–Trinajstić information content (AvgIpc) is 2.39. The number of nitrogens with zero attached hydrogens (tertiary/aromatic N) is 2. The van der Waals surface area contributed by atoms with Crippen LogP contribution in [0.3, 0.4) is 0 Å². The Morgan fingerprint density at radius 3 is 2.83 bits per heavy atom. The quantitative estimate of drug-likeness (QED) is 0.657. The van der Waals surface area contributed by atoms with Crippen molar-refractivity contribution in [2.75, 3.05) is 0 Å². The van der Waals surface area contributed by atoms with Crippen LogP contribution in [0.25, 0.3) is 10.8 Å². The Balaban J connectivity index is 2.10. The zero-order chi connectivity index (χ0) is 12.8. The SMILES string of the molecule is N#CCC(=O)NN=Cc1ccc2ccccc2c1. The summed E-state index contributed by atoms with van der Waals surface area (Å²) >= 11 is 0. The number of hydrogen-bond acceptors (Lipinski definition) is 3. The van der Waals surface area contributed by atoms with E-state index >= 15 is 0 Å². The number of rotatable bonds is 3. The summed E-state index contributed by atoms with van der Waals surface area (Å²) < 4.78 is 0. The molecule has 4 nitrogen and oxygen atoms in total. The smallest absolute Gasteiger partial charge is 0.254 e. The number of carbonyl (C=O) groups is 1. The maximum atomic E-state index is 11.0. The predicted octanol–water partition coefficient (Wildman–Crippen LogP) is 2.20. The third-order valence-corrected chi connectivity index (χ3v) is 2.42. The zero-order valence-corrected chi connectivity index (χ0v) is 9.63. The molecule has 0 aromatic heterocycles. The van der Waals surface area contributed by atoms with E-state index in [1.807, 2.05) is 42.5 Å². The summed E-state index contributed by atoms with van der Waals surface area (Å²) in [5.74, 6) is -0.408. The fourth-order valence-corrected chi connectivity index (χ4v) is 1.58. The van der Waals surface area contributed by atoms with Crippen LogP contribution in [0.2, 0.25) is 0 Å². The Bertz CT molecular complexity index is 641. The molecule has 0 heterocycles. The summed E-state index contributed by atoms with van der Waals surface area (Å²) in [4.78, 5) is 11.0. The van der Waals surface area contributed by atoms with E-state index in [9.17, 15) is 4.79 Å². The van der Waals surface area contributed by atoms with Crippen LogP contribution in [-0.2, 0) is 4.79 Å². The third-order valence-electron chi connectivity index (χ3n) is 2.42. The molecule has 0 saturated heterocycles. The summed E-state index contributed by atoms with van der Waals surface area (Å²) in [5.41, 5.74) is 3.18. The number of hydrazone groups is 1. The molecule has 2 aromatic carbocycles. The first-order valence-corrected chi connectivity index (χ1v) is 5.47. The summed E-state index contributed by atoms with van der Waals surface area (Å²) in [6.45, 7) is 0. The first-order chi connectivity index (χ1) is 8.79. The van der Waals surface area contributed by atoms with E-state index in [2.05, 4.69) is 10.5 Å². The van der Waals surface area contributed by atoms with Crippen LogP contribution in [0.5, 0.6) is 0 Å².